The van der Waals surface area contributed by atoms with E-state index in [1.54, 1.807) is 18.2 Å². The monoisotopic (exact) mass is 344 g/mol. The summed E-state index contributed by atoms with van der Waals surface area (Å²) in [7, 11) is 2.99. The van der Waals surface area contributed by atoms with Crippen LogP contribution in [0.5, 0.6) is 23.0 Å². The van der Waals surface area contributed by atoms with Gasteiger partial charge in [0.05, 0.1) is 19.8 Å². The Morgan fingerprint density at radius 3 is 2.16 bits per heavy atom. The van der Waals surface area contributed by atoms with Crippen molar-refractivity contribution in [3.8, 4) is 23.0 Å². The highest BCUT2D eigenvalue weighted by molar-refractivity contribution is 6.10. The van der Waals surface area contributed by atoms with Crippen LogP contribution < -0.4 is 9.47 Å². The lowest BCUT2D eigenvalue weighted by Gasteiger charge is -2.07. The Balaban J connectivity index is 2.32. The minimum atomic E-state index is -1.41. The summed E-state index contributed by atoms with van der Waals surface area (Å²) in [6.45, 7) is 0. The van der Waals surface area contributed by atoms with Crippen molar-refractivity contribution in [2.24, 2.45) is 0 Å². The van der Waals surface area contributed by atoms with Crippen LogP contribution in [0.2, 0.25) is 0 Å². The highest BCUT2D eigenvalue weighted by atomic mass is 16.5. The largest absolute Gasteiger partial charge is 0.507 e. The first-order chi connectivity index (χ1) is 11.9. The van der Waals surface area contributed by atoms with Gasteiger partial charge in [-0.05, 0) is 29.8 Å². The summed E-state index contributed by atoms with van der Waals surface area (Å²) < 4.78 is 10.3. The Kier molecular flexibility index (Phi) is 5.28. The molecule has 0 spiro atoms. The highest BCUT2D eigenvalue weighted by Gasteiger charge is 2.17. The minimum Gasteiger partial charge on any atom is -0.507 e. The smallest absolute Gasteiger partial charge is 0.339 e. The number of ether oxygens (including phenoxy) is 2. The standard InChI is InChI=1S/C18H16O7/c1-24-16-6-4-10(7-17(16)25-2)3-5-13(19)11-8-12(18(22)23)15(21)9-14(11)20/h3-9,20-21H,1-2H3,(H,22,23)/b5-3-. The molecule has 25 heavy (non-hydrogen) atoms. The van der Waals surface area contributed by atoms with E-state index in [2.05, 4.69) is 0 Å². The number of carboxylic acids is 1. The number of carbonyl (C=O) groups is 2. The van der Waals surface area contributed by atoms with Gasteiger partial charge in [0.1, 0.15) is 17.1 Å². The molecule has 130 valence electrons. The molecule has 2 aromatic rings. The van der Waals surface area contributed by atoms with Gasteiger partial charge < -0.3 is 24.8 Å². The summed E-state index contributed by atoms with van der Waals surface area (Å²) in [5.74, 6) is -2.13. The van der Waals surface area contributed by atoms with E-state index in [1.807, 2.05) is 0 Å². The molecule has 0 aliphatic rings. The Hall–Kier alpha value is -3.48. The highest BCUT2D eigenvalue weighted by Crippen LogP contribution is 2.29. The zero-order valence-electron chi connectivity index (χ0n) is 13.5. The number of phenols is 2. The van der Waals surface area contributed by atoms with Crippen molar-refractivity contribution in [2.75, 3.05) is 14.2 Å². The van der Waals surface area contributed by atoms with E-state index in [0.29, 0.717) is 17.1 Å². The molecule has 0 radical (unpaired) electrons. The molecule has 0 saturated heterocycles. The number of aromatic carboxylic acids is 1. The number of hydrogen-bond donors (Lipinski definition) is 3. The second-order valence-electron chi connectivity index (χ2n) is 5.00. The van der Waals surface area contributed by atoms with Crippen LogP contribution in [-0.2, 0) is 0 Å². The first-order valence-corrected chi connectivity index (χ1v) is 7.11. The number of hydrogen-bond acceptors (Lipinski definition) is 6. The van der Waals surface area contributed by atoms with Gasteiger partial charge in [-0.2, -0.15) is 0 Å². The molecule has 7 nitrogen and oxygen atoms in total. The van der Waals surface area contributed by atoms with E-state index in [-0.39, 0.29) is 5.56 Å². The number of carboxylic acid groups (broad SMARTS) is 1. The van der Waals surface area contributed by atoms with Crippen molar-refractivity contribution < 1.29 is 34.4 Å². The van der Waals surface area contributed by atoms with E-state index in [1.165, 1.54) is 26.4 Å². The van der Waals surface area contributed by atoms with Crippen LogP contribution >= 0.6 is 0 Å². The number of carbonyl (C=O) groups excluding carboxylic acids is 1. The van der Waals surface area contributed by atoms with Crippen molar-refractivity contribution in [3.63, 3.8) is 0 Å². The van der Waals surface area contributed by atoms with Crippen molar-refractivity contribution in [2.45, 2.75) is 0 Å². The van der Waals surface area contributed by atoms with Crippen LogP contribution in [0.1, 0.15) is 26.3 Å². The maximum atomic E-state index is 12.2. The summed E-state index contributed by atoms with van der Waals surface area (Å²) >= 11 is 0. The van der Waals surface area contributed by atoms with Gasteiger partial charge in [0.2, 0.25) is 0 Å². The zero-order chi connectivity index (χ0) is 18.6. The molecule has 0 aliphatic heterocycles. The number of aromatic hydroxyl groups is 2. The van der Waals surface area contributed by atoms with Crippen LogP contribution in [0.3, 0.4) is 0 Å². The van der Waals surface area contributed by atoms with Crippen LogP contribution in [0.15, 0.2) is 36.4 Å². The topological polar surface area (TPSA) is 113 Å². The van der Waals surface area contributed by atoms with E-state index >= 15 is 0 Å². The lowest BCUT2D eigenvalue weighted by Crippen LogP contribution is -2.02. The average molecular weight is 344 g/mol. The van der Waals surface area contributed by atoms with Crippen molar-refractivity contribution in [3.05, 3.63) is 53.1 Å². The van der Waals surface area contributed by atoms with E-state index in [0.717, 1.165) is 12.1 Å². The van der Waals surface area contributed by atoms with Gasteiger partial charge in [-0.1, -0.05) is 12.1 Å². The molecular formula is C18H16O7. The Labute approximate surface area is 143 Å². The van der Waals surface area contributed by atoms with E-state index < -0.39 is 28.8 Å². The number of benzene rings is 2. The second kappa shape index (κ2) is 7.39. The fraction of sp³-hybridized carbons (Fsp3) is 0.111. The van der Waals surface area contributed by atoms with E-state index in [4.69, 9.17) is 14.6 Å². The Bertz CT molecular complexity index is 853. The predicted octanol–water partition coefficient (Wildman–Crippen LogP) is 2.71. The molecule has 0 saturated carbocycles. The molecule has 0 aliphatic carbocycles. The lowest BCUT2D eigenvalue weighted by atomic mass is 10.0. The maximum absolute atomic E-state index is 12.2. The van der Waals surface area contributed by atoms with E-state index in [9.17, 15) is 19.8 Å². The molecule has 2 aromatic carbocycles. The Morgan fingerprint density at radius 2 is 1.56 bits per heavy atom. The van der Waals surface area contributed by atoms with Gasteiger partial charge in [0.25, 0.3) is 0 Å². The second-order valence-corrected chi connectivity index (χ2v) is 5.00. The lowest BCUT2D eigenvalue weighted by molar-refractivity contribution is 0.0693. The third-order valence-corrected chi connectivity index (χ3v) is 3.44. The van der Waals surface area contributed by atoms with Gasteiger partial charge >= 0.3 is 5.97 Å². The number of ketones is 1. The van der Waals surface area contributed by atoms with Gasteiger partial charge in [-0.3, -0.25) is 4.79 Å². The predicted molar refractivity (Wildman–Crippen MR) is 89.6 cm³/mol. The number of allylic oxidation sites excluding steroid dienone is 1. The summed E-state index contributed by atoms with van der Waals surface area (Å²) in [5.41, 5.74) is -0.0599. The summed E-state index contributed by atoms with van der Waals surface area (Å²) in [6, 6.07) is 6.77. The molecule has 0 amide bonds. The number of rotatable bonds is 6. The van der Waals surface area contributed by atoms with Crippen molar-refractivity contribution >= 4 is 17.8 Å². The van der Waals surface area contributed by atoms with Crippen LogP contribution in [-0.4, -0.2) is 41.3 Å². The van der Waals surface area contributed by atoms with Crippen molar-refractivity contribution in [1.82, 2.24) is 0 Å². The molecule has 0 unspecified atom stereocenters. The molecular weight excluding hydrogens is 328 g/mol. The summed E-state index contributed by atoms with van der Waals surface area (Å²) in [4.78, 5) is 23.2. The molecule has 0 fully saturated rings. The first kappa shape index (κ1) is 17.9. The number of methoxy groups -OCH3 is 2. The summed E-state index contributed by atoms with van der Waals surface area (Å²) in [5, 5.41) is 28.2. The first-order valence-electron chi connectivity index (χ1n) is 7.11. The molecule has 0 heterocycles. The molecule has 0 bridgehead atoms. The quantitative estimate of drug-likeness (QED) is 0.545. The molecule has 7 heteroatoms. The third-order valence-electron chi connectivity index (χ3n) is 3.44. The third kappa shape index (κ3) is 3.89. The van der Waals surface area contributed by atoms with Crippen LogP contribution in [0.25, 0.3) is 6.08 Å². The SMILES string of the molecule is COc1ccc(/C=C\C(=O)c2cc(C(=O)O)c(O)cc2O)cc1OC. The fourth-order valence-electron chi connectivity index (χ4n) is 2.16. The minimum absolute atomic E-state index is 0.230. The van der Waals surface area contributed by atoms with Crippen molar-refractivity contribution in [1.29, 1.82) is 0 Å². The molecule has 0 aromatic heterocycles. The molecule has 2 rings (SSSR count). The molecule has 3 N–H and O–H groups in total. The maximum Gasteiger partial charge on any atom is 0.339 e. The van der Waals surface area contributed by atoms with Crippen LogP contribution in [0.4, 0.5) is 0 Å². The fourth-order valence-corrected chi connectivity index (χ4v) is 2.16. The zero-order valence-corrected chi connectivity index (χ0v) is 13.5. The van der Waals surface area contributed by atoms with Gasteiger partial charge in [0.15, 0.2) is 17.3 Å². The number of phenolic OH excluding ortho intramolecular Hbond substituents is 1. The van der Waals surface area contributed by atoms with Gasteiger partial charge in [-0.15, -0.1) is 0 Å². The van der Waals surface area contributed by atoms with Gasteiger partial charge in [-0.25, -0.2) is 4.79 Å². The average Bonchev–Trinajstić information content (AvgIpc) is 2.59. The summed E-state index contributed by atoms with van der Waals surface area (Å²) in [6.07, 6.45) is 2.66. The van der Waals surface area contributed by atoms with Gasteiger partial charge in [0, 0.05) is 6.07 Å². The van der Waals surface area contributed by atoms with Crippen LogP contribution in [0, 0.1) is 0 Å². The molecule has 0 atom stereocenters. The normalized spacial score (nSPS) is 10.6. The Morgan fingerprint density at radius 1 is 0.920 bits per heavy atom.